The molecule has 0 heterocycles. The van der Waals surface area contributed by atoms with Crippen LogP contribution in [0.25, 0.3) is 0 Å². The summed E-state index contributed by atoms with van der Waals surface area (Å²) < 4.78 is 6.55. The predicted octanol–water partition coefficient (Wildman–Crippen LogP) is 3.02. The number of nitriles is 1. The average molecular weight is 283 g/mol. The highest BCUT2D eigenvalue weighted by Crippen LogP contribution is 2.29. The molecule has 1 rings (SSSR count). The van der Waals surface area contributed by atoms with Gasteiger partial charge in [0.15, 0.2) is 6.10 Å². The van der Waals surface area contributed by atoms with Gasteiger partial charge in [-0.1, -0.05) is 15.9 Å². The Bertz CT molecular complexity index is 400. The summed E-state index contributed by atoms with van der Waals surface area (Å²) in [6.45, 7) is 3.78. The number of ether oxygens (including phenoxy) is 1. The molecule has 86 valence electrons. The zero-order valence-corrected chi connectivity index (χ0v) is 11.2. The summed E-state index contributed by atoms with van der Waals surface area (Å²) in [5, 5.41) is 11.9. The van der Waals surface area contributed by atoms with E-state index in [0.717, 1.165) is 15.8 Å². The highest BCUT2D eigenvalue weighted by Gasteiger charge is 2.12. The zero-order valence-electron chi connectivity index (χ0n) is 9.62. The second kappa shape index (κ2) is 5.88. The van der Waals surface area contributed by atoms with Gasteiger partial charge in [-0.25, -0.2) is 0 Å². The lowest BCUT2D eigenvalue weighted by Crippen LogP contribution is -2.16. The van der Waals surface area contributed by atoms with Crippen molar-refractivity contribution in [1.29, 1.82) is 5.26 Å². The van der Waals surface area contributed by atoms with Crippen LogP contribution < -0.4 is 10.1 Å². The van der Waals surface area contributed by atoms with Crippen LogP contribution in [0.4, 0.5) is 0 Å². The minimum Gasteiger partial charge on any atom is -0.476 e. The first kappa shape index (κ1) is 13.0. The molecule has 1 aromatic carbocycles. The Labute approximate surface area is 105 Å². The maximum absolute atomic E-state index is 8.74. The van der Waals surface area contributed by atoms with Gasteiger partial charge in [0.05, 0.1) is 0 Å². The standard InChI is InChI=1S/C12H15BrN2O/c1-8(7-14)16-12-5-4-10(13)6-11(12)9(2)15-3/h4-6,8-9,15H,1-3H3. The Morgan fingerprint density at radius 3 is 2.69 bits per heavy atom. The van der Waals surface area contributed by atoms with Crippen LogP contribution in [0.1, 0.15) is 25.5 Å². The molecule has 0 aliphatic rings. The molecular formula is C12H15BrN2O. The van der Waals surface area contributed by atoms with E-state index < -0.39 is 6.10 Å². The Morgan fingerprint density at radius 1 is 1.44 bits per heavy atom. The van der Waals surface area contributed by atoms with Crippen molar-refractivity contribution in [2.75, 3.05) is 7.05 Å². The fourth-order valence-corrected chi connectivity index (χ4v) is 1.72. The van der Waals surface area contributed by atoms with E-state index in [9.17, 15) is 0 Å². The molecule has 3 nitrogen and oxygen atoms in total. The van der Waals surface area contributed by atoms with E-state index in [-0.39, 0.29) is 6.04 Å². The molecule has 0 amide bonds. The minimum absolute atomic E-state index is 0.179. The maximum Gasteiger partial charge on any atom is 0.181 e. The molecule has 0 spiro atoms. The van der Waals surface area contributed by atoms with Crippen molar-refractivity contribution in [3.05, 3.63) is 28.2 Å². The predicted molar refractivity (Wildman–Crippen MR) is 67.3 cm³/mol. The summed E-state index contributed by atoms with van der Waals surface area (Å²) in [4.78, 5) is 0. The molecule has 0 aromatic heterocycles. The van der Waals surface area contributed by atoms with Gasteiger partial charge in [-0.05, 0) is 39.1 Å². The first-order valence-corrected chi connectivity index (χ1v) is 5.90. The summed E-state index contributed by atoms with van der Waals surface area (Å²) >= 11 is 3.43. The van der Waals surface area contributed by atoms with Gasteiger partial charge in [0.1, 0.15) is 11.8 Å². The number of halogens is 1. The lowest BCUT2D eigenvalue weighted by atomic mass is 10.1. The monoisotopic (exact) mass is 282 g/mol. The van der Waals surface area contributed by atoms with E-state index in [2.05, 4.69) is 27.3 Å². The first-order chi connectivity index (χ1) is 7.58. The number of hydrogen-bond acceptors (Lipinski definition) is 3. The summed E-state index contributed by atoms with van der Waals surface area (Å²) in [6.07, 6.45) is -0.441. The summed E-state index contributed by atoms with van der Waals surface area (Å²) in [7, 11) is 1.89. The first-order valence-electron chi connectivity index (χ1n) is 5.11. The number of nitrogens with zero attached hydrogens (tertiary/aromatic N) is 1. The average Bonchev–Trinajstić information content (AvgIpc) is 2.30. The third kappa shape index (κ3) is 3.22. The van der Waals surface area contributed by atoms with Gasteiger partial charge in [-0.3, -0.25) is 0 Å². The second-order valence-electron chi connectivity index (χ2n) is 3.58. The van der Waals surface area contributed by atoms with Crippen molar-refractivity contribution in [3.8, 4) is 11.8 Å². The molecule has 0 aliphatic carbocycles. The van der Waals surface area contributed by atoms with Crippen LogP contribution in [0.15, 0.2) is 22.7 Å². The van der Waals surface area contributed by atoms with Crippen LogP contribution in [0.5, 0.6) is 5.75 Å². The van der Waals surface area contributed by atoms with Gasteiger partial charge < -0.3 is 10.1 Å². The minimum atomic E-state index is -0.441. The van der Waals surface area contributed by atoms with Crippen molar-refractivity contribution in [1.82, 2.24) is 5.32 Å². The van der Waals surface area contributed by atoms with Crippen molar-refractivity contribution in [2.24, 2.45) is 0 Å². The molecule has 2 unspecified atom stereocenters. The highest BCUT2D eigenvalue weighted by molar-refractivity contribution is 9.10. The lowest BCUT2D eigenvalue weighted by molar-refractivity contribution is 0.271. The van der Waals surface area contributed by atoms with Crippen LogP contribution in [-0.4, -0.2) is 13.2 Å². The van der Waals surface area contributed by atoms with Crippen molar-refractivity contribution >= 4 is 15.9 Å². The zero-order chi connectivity index (χ0) is 12.1. The third-order valence-corrected chi connectivity index (χ3v) is 2.85. The Balaban J connectivity index is 3.03. The lowest BCUT2D eigenvalue weighted by Gasteiger charge is -2.17. The molecule has 0 bridgehead atoms. The second-order valence-corrected chi connectivity index (χ2v) is 4.50. The van der Waals surface area contributed by atoms with Crippen molar-refractivity contribution in [3.63, 3.8) is 0 Å². The molecule has 0 aliphatic heterocycles. The van der Waals surface area contributed by atoms with Gasteiger partial charge in [-0.2, -0.15) is 5.26 Å². The van der Waals surface area contributed by atoms with Crippen molar-refractivity contribution in [2.45, 2.75) is 26.0 Å². The van der Waals surface area contributed by atoms with Crippen LogP contribution in [-0.2, 0) is 0 Å². The molecule has 0 saturated heterocycles. The number of benzene rings is 1. The van der Waals surface area contributed by atoms with E-state index in [0.29, 0.717) is 0 Å². The molecule has 4 heteroatoms. The van der Waals surface area contributed by atoms with Crippen LogP contribution >= 0.6 is 15.9 Å². The van der Waals surface area contributed by atoms with Gasteiger partial charge in [-0.15, -0.1) is 0 Å². The van der Waals surface area contributed by atoms with Gasteiger partial charge in [0, 0.05) is 16.1 Å². The fourth-order valence-electron chi connectivity index (χ4n) is 1.34. The normalized spacial score (nSPS) is 13.9. The SMILES string of the molecule is CNC(C)c1cc(Br)ccc1OC(C)C#N. The molecule has 1 N–H and O–H groups in total. The quantitative estimate of drug-likeness (QED) is 0.923. The van der Waals surface area contributed by atoms with E-state index in [1.165, 1.54) is 0 Å². The molecular weight excluding hydrogens is 268 g/mol. The van der Waals surface area contributed by atoms with Crippen LogP contribution in [0, 0.1) is 11.3 Å². The number of nitrogens with one attached hydrogen (secondary N) is 1. The summed E-state index contributed by atoms with van der Waals surface area (Å²) in [5.41, 5.74) is 1.04. The smallest absolute Gasteiger partial charge is 0.181 e. The van der Waals surface area contributed by atoms with E-state index in [4.69, 9.17) is 10.00 Å². The Morgan fingerprint density at radius 2 is 2.12 bits per heavy atom. The van der Waals surface area contributed by atoms with E-state index in [1.54, 1.807) is 6.92 Å². The third-order valence-electron chi connectivity index (χ3n) is 2.36. The van der Waals surface area contributed by atoms with E-state index >= 15 is 0 Å². The van der Waals surface area contributed by atoms with Crippen LogP contribution in [0.2, 0.25) is 0 Å². The van der Waals surface area contributed by atoms with Crippen LogP contribution in [0.3, 0.4) is 0 Å². The van der Waals surface area contributed by atoms with Gasteiger partial charge in [0.25, 0.3) is 0 Å². The molecule has 2 atom stereocenters. The molecule has 1 aromatic rings. The largest absolute Gasteiger partial charge is 0.476 e. The summed E-state index contributed by atoms with van der Waals surface area (Å²) in [5.74, 6) is 0.749. The number of rotatable bonds is 4. The maximum atomic E-state index is 8.74. The summed E-state index contributed by atoms with van der Waals surface area (Å²) in [6, 6.07) is 8.02. The fraction of sp³-hybridized carbons (Fsp3) is 0.417. The van der Waals surface area contributed by atoms with Crippen molar-refractivity contribution < 1.29 is 4.74 Å². The van der Waals surface area contributed by atoms with Gasteiger partial charge >= 0.3 is 0 Å². The highest BCUT2D eigenvalue weighted by atomic mass is 79.9. The molecule has 0 saturated carbocycles. The van der Waals surface area contributed by atoms with E-state index in [1.807, 2.05) is 32.2 Å². The van der Waals surface area contributed by atoms with Gasteiger partial charge in [0.2, 0.25) is 0 Å². The molecule has 16 heavy (non-hydrogen) atoms. The Kier molecular flexibility index (Phi) is 4.78. The number of hydrogen-bond donors (Lipinski definition) is 1. The molecule has 0 radical (unpaired) electrons. The molecule has 0 fully saturated rings. The Hall–Kier alpha value is -1.05. The topological polar surface area (TPSA) is 45.0 Å².